The van der Waals surface area contributed by atoms with Crippen LogP contribution < -0.4 is 10.6 Å². The zero-order chi connectivity index (χ0) is 15.4. The van der Waals surface area contributed by atoms with Crippen molar-refractivity contribution in [2.24, 2.45) is 0 Å². The van der Waals surface area contributed by atoms with E-state index < -0.39 is 0 Å². The largest absolute Gasteiger partial charge is 0.369 e. The van der Waals surface area contributed by atoms with Gasteiger partial charge in [-0.1, -0.05) is 5.16 Å². The summed E-state index contributed by atoms with van der Waals surface area (Å²) in [5.74, 6) is 1.84. The molecule has 1 aliphatic carbocycles. The second-order valence-corrected chi connectivity index (χ2v) is 5.42. The fourth-order valence-corrected chi connectivity index (χ4v) is 2.11. The van der Waals surface area contributed by atoms with Gasteiger partial charge in [0.1, 0.15) is 5.82 Å². The van der Waals surface area contributed by atoms with Gasteiger partial charge in [0.2, 0.25) is 5.91 Å². The molecule has 0 atom stereocenters. The van der Waals surface area contributed by atoms with Gasteiger partial charge in [-0.3, -0.25) is 4.79 Å². The summed E-state index contributed by atoms with van der Waals surface area (Å²) < 4.78 is 5.18. The van der Waals surface area contributed by atoms with Gasteiger partial charge in [0, 0.05) is 25.2 Å². The molecule has 7 heteroatoms. The zero-order valence-electron chi connectivity index (χ0n) is 12.5. The highest BCUT2D eigenvalue weighted by Crippen LogP contribution is 2.24. The third kappa shape index (κ3) is 3.81. The molecule has 22 heavy (non-hydrogen) atoms. The molecule has 1 saturated carbocycles. The van der Waals surface area contributed by atoms with Crippen molar-refractivity contribution in [2.45, 2.75) is 38.6 Å². The van der Waals surface area contributed by atoms with E-state index in [9.17, 15) is 4.79 Å². The zero-order valence-corrected chi connectivity index (χ0v) is 12.5. The predicted octanol–water partition coefficient (Wildman–Crippen LogP) is 1.91. The molecule has 0 saturated heterocycles. The molecule has 0 aliphatic heterocycles. The van der Waals surface area contributed by atoms with Crippen molar-refractivity contribution >= 4 is 11.7 Å². The summed E-state index contributed by atoms with van der Waals surface area (Å²) in [6, 6.07) is 4.12. The highest BCUT2D eigenvalue weighted by molar-refractivity contribution is 5.76. The second-order valence-electron chi connectivity index (χ2n) is 5.42. The first kappa shape index (κ1) is 14.5. The van der Waals surface area contributed by atoms with Crippen molar-refractivity contribution in [1.29, 1.82) is 0 Å². The lowest BCUT2D eigenvalue weighted by molar-refractivity contribution is -0.121. The second kappa shape index (κ2) is 6.55. The number of aryl methyl sites for hydroxylation is 1. The van der Waals surface area contributed by atoms with Gasteiger partial charge in [0.25, 0.3) is 5.89 Å². The van der Waals surface area contributed by atoms with Crippen LogP contribution >= 0.6 is 0 Å². The number of nitrogens with zero attached hydrogens (tertiary/aromatic N) is 3. The number of pyridine rings is 1. The number of aromatic nitrogens is 3. The first-order chi connectivity index (χ1) is 10.7. The van der Waals surface area contributed by atoms with Crippen LogP contribution in [0.3, 0.4) is 0 Å². The van der Waals surface area contributed by atoms with Crippen LogP contribution in [-0.2, 0) is 4.79 Å². The van der Waals surface area contributed by atoms with Crippen molar-refractivity contribution in [1.82, 2.24) is 20.4 Å². The van der Waals surface area contributed by atoms with Crippen LogP contribution in [0.5, 0.6) is 0 Å². The summed E-state index contributed by atoms with van der Waals surface area (Å²) in [5, 5.41) is 10.00. The van der Waals surface area contributed by atoms with E-state index in [-0.39, 0.29) is 5.91 Å². The van der Waals surface area contributed by atoms with E-state index in [1.807, 2.05) is 12.1 Å². The van der Waals surface area contributed by atoms with Crippen LogP contribution in [0.25, 0.3) is 11.5 Å². The number of hydrogen-bond donors (Lipinski definition) is 2. The van der Waals surface area contributed by atoms with E-state index in [1.165, 1.54) is 0 Å². The maximum Gasteiger partial charge on any atom is 0.261 e. The SMILES string of the molecule is Cc1noc(-c2cccnc2NCCCC(=O)NC2CC2)n1. The van der Waals surface area contributed by atoms with Gasteiger partial charge in [-0.2, -0.15) is 4.98 Å². The van der Waals surface area contributed by atoms with Crippen molar-refractivity contribution in [3.8, 4) is 11.5 Å². The Morgan fingerprint density at radius 1 is 1.45 bits per heavy atom. The summed E-state index contributed by atoms with van der Waals surface area (Å²) in [5.41, 5.74) is 0.769. The lowest BCUT2D eigenvalue weighted by atomic mass is 10.2. The Kier molecular flexibility index (Phi) is 4.32. The fourth-order valence-electron chi connectivity index (χ4n) is 2.11. The Morgan fingerprint density at radius 3 is 3.05 bits per heavy atom. The minimum absolute atomic E-state index is 0.123. The summed E-state index contributed by atoms with van der Waals surface area (Å²) >= 11 is 0. The maximum absolute atomic E-state index is 11.6. The van der Waals surface area contributed by atoms with Crippen LogP contribution in [0, 0.1) is 6.92 Å². The van der Waals surface area contributed by atoms with Gasteiger partial charge in [-0.15, -0.1) is 0 Å². The first-order valence-corrected chi connectivity index (χ1v) is 7.51. The van der Waals surface area contributed by atoms with Crippen molar-refractivity contribution in [2.75, 3.05) is 11.9 Å². The monoisotopic (exact) mass is 301 g/mol. The van der Waals surface area contributed by atoms with Gasteiger partial charge < -0.3 is 15.2 Å². The van der Waals surface area contributed by atoms with E-state index in [1.54, 1.807) is 13.1 Å². The van der Waals surface area contributed by atoms with E-state index >= 15 is 0 Å². The molecule has 0 bridgehead atoms. The standard InChI is InChI=1S/C15H19N5O2/c1-10-18-15(22-20-10)12-4-2-8-16-14(12)17-9-3-5-13(21)19-11-6-7-11/h2,4,8,11H,3,5-7,9H2,1H3,(H,16,17)(H,19,21). The van der Waals surface area contributed by atoms with Crippen LogP contribution in [0.15, 0.2) is 22.9 Å². The third-order valence-electron chi connectivity index (χ3n) is 3.38. The third-order valence-corrected chi connectivity index (χ3v) is 3.38. The molecule has 2 aromatic heterocycles. The molecule has 2 N–H and O–H groups in total. The molecule has 1 fully saturated rings. The predicted molar refractivity (Wildman–Crippen MR) is 81.2 cm³/mol. The molecule has 0 aromatic carbocycles. The summed E-state index contributed by atoms with van der Waals surface area (Å²) in [7, 11) is 0. The highest BCUT2D eigenvalue weighted by atomic mass is 16.5. The molecule has 7 nitrogen and oxygen atoms in total. The van der Waals surface area contributed by atoms with E-state index in [2.05, 4.69) is 25.8 Å². The summed E-state index contributed by atoms with van der Waals surface area (Å²) in [4.78, 5) is 20.1. The van der Waals surface area contributed by atoms with Crippen LogP contribution in [0.1, 0.15) is 31.5 Å². The molecular formula is C15H19N5O2. The number of hydrogen-bond acceptors (Lipinski definition) is 6. The number of carbonyl (C=O) groups is 1. The van der Waals surface area contributed by atoms with Crippen molar-refractivity contribution < 1.29 is 9.32 Å². The van der Waals surface area contributed by atoms with Gasteiger partial charge in [0.15, 0.2) is 5.82 Å². The Morgan fingerprint density at radius 2 is 2.32 bits per heavy atom. The molecule has 1 aliphatic rings. The minimum atomic E-state index is 0.123. The smallest absolute Gasteiger partial charge is 0.261 e. The van der Waals surface area contributed by atoms with Crippen LogP contribution in [0.4, 0.5) is 5.82 Å². The molecule has 0 radical (unpaired) electrons. The number of carbonyl (C=O) groups excluding carboxylic acids is 1. The Labute approximate surface area is 128 Å². The maximum atomic E-state index is 11.6. The lowest BCUT2D eigenvalue weighted by Gasteiger charge is -2.08. The van der Waals surface area contributed by atoms with E-state index in [0.29, 0.717) is 36.5 Å². The molecule has 2 heterocycles. The molecule has 1 amide bonds. The highest BCUT2D eigenvalue weighted by Gasteiger charge is 2.22. The molecule has 0 unspecified atom stereocenters. The molecule has 2 aromatic rings. The quantitative estimate of drug-likeness (QED) is 0.759. The van der Waals surface area contributed by atoms with Crippen LogP contribution in [0.2, 0.25) is 0 Å². The van der Waals surface area contributed by atoms with E-state index in [0.717, 1.165) is 24.8 Å². The average molecular weight is 301 g/mol. The Balaban J connectivity index is 1.52. The van der Waals surface area contributed by atoms with Crippen molar-refractivity contribution in [3.63, 3.8) is 0 Å². The van der Waals surface area contributed by atoms with Gasteiger partial charge in [-0.05, 0) is 38.3 Å². The summed E-state index contributed by atoms with van der Waals surface area (Å²) in [6.07, 6.45) is 5.20. The number of anilines is 1. The molecule has 116 valence electrons. The van der Waals surface area contributed by atoms with Gasteiger partial charge in [0.05, 0.1) is 5.56 Å². The Hall–Kier alpha value is -2.44. The van der Waals surface area contributed by atoms with Gasteiger partial charge in [-0.25, -0.2) is 4.98 Å². The van der Waals surface area contributed by atoms with Crippen molar-refractivity contribution in [3.05, 3.63) is 24.2 Å². The molecule has 0 spiro atoms. The lowest BCUT2D eigenvalue weighted by Crippen LogP contribution is -2.25. The Bertz CT molecular complexity index is 651. The number of rotatable bonds is 7. The minimum Gasteiger partial charge on any atom is -0.369 e. The van der Waals surface area contributed by atoms with Crippen LogP contribution in [-0.4, -0.2) is 33.6 Å². The summed E-state index contributed by atoms with van der Waals surface area (Å²) in [6.45, 7) is 2.43. The normalized spacial score (nSPS) is 13.9. The number of amides is 1. The molecule has 3 rings (SSSR count). The molecular weight excluding hydrogens is 282 g/mol. The fraction of sp³-hybridized carbons (Fsp3) is 0.467. The average Bonchev–Trinajstić information content (AvgIpc) is 3.22. The first-order valence-electron chi connectivity index (χ1n) is 7.51. The number of nitrogens with one attached hydrogen (secondary N) is 2. The topological polar surface area (TPSA) is 92.9 Å². The van der Waals surface area contributed by atoms with Gasteiger partial charge >= 0.3 is 0 Å². The van der Waals surface area contributed by atoms with E-state index in [4.69, 9.17) is 4.52 Å².